The number of benzene rings is 1. The summed E-state index contributed by atoms with van der Waals surface area (Å²) >= 11 is 11.8. The molecule has 0 radical (unpaired) electrons. The molecule has 152 valence electrons. The molecule has 0 spiro atoms. The molecule has 3 rings (SSSR count). The zero-order valence-electron chi connectivity index (χ0n) is 15.4. The smallest absolute Gasteiger partial charge is 0.326 e. The van der Waals surface area contributed by atoms with Crippen molar-refractivity contribution in [2.75, 3.05) is 18.6 Å². The highest BCUT2D eigenvalue weighted by molar-refractivity contribution is 6.40. The number of aromatic nitrogens is 1. The molecule has 10 heteroatoms. The summed E-state index contributed by atoms with van der Waals surface area (Å²) in [4.78, 5) is 42.7. The maximum atomic E-state index is 14.8. The van der Waals surface area contributed by atoms with Gasteiger partial charge in [0.1, 0.15) is 10.9 Å². The first kappa shape index (κ1) is 21.0. The zero-order valence-corrected chi connectivity index (χ0v) is 16.9. The number of ketones is 1. The number of methoxy groups -OCH3 is 1. The molecule has 0 N–H and O–H groups in total. The van der Waals surface area contributed by atoms with Crippen LogP contribution in [0.2, 0.25) is 10.3 Å². The van der Waals surface area contributed by atoms with Crippen LogP contribution in [0.3, 0.4) is 0 Å². The lowest BCUT2D eigenvalue weighted by Crippen LogP contribution is -2.49. The maximum Gasteiger partial charge on any atom is 0.326 e. The Balaban J connectivity index is 2.14. The van der Waals surface area contributed by atoms with Crippen molar-refractivity contribution >= 4 is 46.5 Å². The predicted molar refractivity (Wildman–Crippen MR) is 103 cm³/mol. The molecule has 1 aliphatic heterocycles. The van der Waals surface area contributed by atoms with Gasteiger partial charge < -0.3 is 14.4 Å². The third-order valence-electron chi connectivity index (χ3n) is 4.34. The standard InChI is InChI=1S/C19H15Cl2FN2O5/c1-3-29-19(27)12-15(25)11-14(13(22)17(21)23-16(11)20)24(18(12)26)8-9-4-6-10(28-2)7-5-9/h4-7,12H,3,8H2,1-2H3. The fraction of sp³-hybridized carbons (Fsp3) is 0.263. The molecule has 1 aliphatic rings. The monoisotopic (exact) mass is 440 g/mol. The summed E-state index contributed by atoms with van der Waals surface area (Å²) in [6, 6.07) is 6.62. The summed E-state index contributed by atoms with van der Waals surface area (Å²) in [5, 5.41) is -0.999. The number of halogens is 3. The molecule has 2 heterocycles. The number of hydrogen-bond donors (Lipinski definition) is 0. The van der Waals surface area contributed by atoms with Crippen molar-refractivity contribution in [3.8, 4) is 5.75 Å². The summed E-state index contributed by atoms with van der Waals surface area (Å²) in [6.07, 6.45) is 0. The lowest BCUT2D eigenvalue weighted by molar-refractivity contribution is -0.149. The SMILES string of the molecule is CCOC(=O)C1C(=O)c2c(Cl)nc(Cl)c(F)c2N(Cc2ccc(OC)cc2)C1=O. The molecule has 0 aliphatic carbocycles. The van der Waals surface area contributed by atoms with E-state index in [1.54, 1.807) is 24.3 Å². The van der Waals surface area contributed by atoms with Gasteiger partial charge in [0.15, 0.2) is 22.7 Å². The molecule has 1 atom stereocenters. The van der Waals surface area contributed by atoms with Crippen molar-refractivity contribution in [2.24, 2.45) is 5.92 Å². The Hall–Kier alpha value is -2.71. The fourth-order valence-electron chi connectivity index (χ4n) is 2.99. The van der Waals surface area contributed by atoms with E-state index in [0.29, 0.717) is 11.3 Å². The van der Waals surface area contributed by atoms with Gasteiger partial charge in [0.05, 0.1) is 31.5 Å². The van der Waals surface area contributed by atoms with Crippen molar-refractivity contribution in [1.29, 1.82) is 0 Å². The quantitative estimate of drug-likeness (QED) is 0.402. The molecule has 1 aromatic heterocycles. The number of pyridine rings is 1. The number of nitrogens with zero attached hydrogens (tertiary/aromatic N) is 2. The number of esters is 1. The van der Waals surface area contributed by atoms with Crippen LogP contribution in [0, 0.1) is 11.7 Å². The Morgan fingerprint density at radius 2 is 1.86 bits per heavy atom. The average Bonchev–Trinajstić information content (AvgIpc) is 2.69. The number of ether oxygens (including phenoxy) is 2. The highest BCUT2D eigenvalue weighted by Crippen LogP contribution is 2.40. The highest BCUT2D eigenvalue weighted by atomic mass is 35.5. The molecule has 2 aromatic rings. The van der Waals surface area contributed by atoms with Crippen LogP contribution in [-0.4, -0.2) is 36.4 Å². The van der Waals surface area contributed by atoms with Crippen LogP contribution in [0.4, 0.5) is 10.1 Å². The molecule has 0 saturated heterocycles. The van der Waals surface area contributed by atoms with Gasteiger partial charge in [-0.3, -0.25) is 14.4 Å². The number of rotatable bonds is 5. The average molecular weight is 441 g/mol. The van der Waals surface area contributed by atoms with Crippen molar-refractivity contribution in [3.63, 3.8) is 0 Å². The zero-order chi connectivity index (χ0) is 21.3. The Morgan fingerprint density at radius 3 is 2.45 bits per heavy atom. The van der Waals surface area contributed by atoms with Crippen LogP contribution >= 0.6 is 23.2 Å². The fourth-order valence-corrected chi connectivity index (χ4v) is 3.48. The number of amides is 1. The van der Waals surface area contributed by atoms with E-state index in [2.05, 4.69) is 4.98 Å². The summed E-state index contributed by atoms with van der Waals surface area (Å²) in [5.41, 5.74) is -0.216. The second-order valence-corrected chi connectivity index (χ2v) is 6.77. The number of carbonyl (C=O) groups is 3. The second-order valence-electron chi connectivity index (χ2n) is 6.05. The summed E-state index contributed by atoms with van der Waals surface area (Å²) in [7, 11) is 1.50. The summed E-state index contributed by atoms with van der Waals surface area (Å²) in [5.74, 6) is -5.26. The van der Waals surface area contributed by atoms with Crippen molar-refractivity contribution in [2.45, 2.75) is 13.5 Å². The van der Waals surface area contributed by atoms with Crippen LogP contribution in [0.5, 0.6) is 5.75 Å². The predicted octanol–water partition coefficient (Wildman–Crippen LogP) is 3.44. The van der Waals surface area contributed by atoms with Gasteiger partial charge in [0.25, 0.3) is 0 Å². The summed E-state index contributed by atoms with van der Waals surface area (Å²) in [6.45, 7) is 1.35. The van der Waals surface area contributed by atoms with Gasteiger partial charge >= 0.3 is 5.97 Å². The Morgan fingerprint density at radius 1 is 1.21 bits per heavy atom. The molecule has 1 amide bonds. The highest BCUT2D eigenvalue weighted by Gasteiger charge is 2.48. The third-order valence-corrected chi connectivity index (χ3v) is 4.87. The van der Waals surface area contributed by atoms with Crippen molar-refractivity contribution in [1.82, 2.24) is 4.98 Å². The molecule has 0 bridgehead atoms. The van der Waals surface area contributed by atoms with E-state index in [0.717, 1.165) is 4.90 Å². The van der Waals surface area contributed by atoms with Crippen LogP contribution in [0.1, 0.15) is 22.8 Å². The van der Waals surface area contributed by atoms with Gasteiger partial charge in [-0.2, -0.15) is 0 Å². The first-order valence-electron chi connectivity index (χ1n) is 8.49. The van der Waals surface area contributed by atoms with Crippen LogP contribution in [0.15, 0.2) is 24.3 Å². The van der Waals surface area contributed by atoms with Crippen LogP contribution in [0.25, 0.3) is 0 Å². The minimum absolute atomic E-state index is 0.0395. The molecular weight excluding hydrogens is 426 g/mol. The number of carbonyl (C=O) groups excluding carboxylic acids is 3. The van der Waals surface area contributed by atoms with Crippen LogP contribution in [-0.2, 0) is 20.9 Å². The van der Waals surface area contributed by atoms with Crippen molar-refractivity contribution < 1.29 is 28.2 Å². The van der Waals surface area contributed by atoms with Gasteiger partial charge in [0, 0.05) is 0 Å². The minimum Gasteiger partial charge on any atom is -0.497 e. The topological polar surface area (TPSA) is 85.8 Å². The molecule has 0 fully saturated rings. The second kappa shape index (κ2) is 8.34. The molecule has 1 aromatic carbocycles. The van der Waals surface area contributed by atoms with Crippen molar-refractivity contribution in [3.05, 3.63) is 51.5 Å². The first-order valence-corrected chi connectivity index (χ1v) is 9.25. The van der Waals surface area contributed by atoms with Gasteiger partial charge in [-0.1, -0.05) is 35.3 Å². The number of fused-ring (bicyclic) bond motifs is 1. The Bertz CT molecular complexity index is 997. The molecule has 0 saturated carbocycles. The lowest BCUT2D eigenvalue weighted by Gasteiger charge is -2.33. The van der Waals surface area contributed by atoms with Gasteiger partial charge in [-0.15, -0.1) is 0 Å². The van der Waals surface area contributed by atoms with Crippen LogP contribution < -0.4 is 9.64 Å². The Kier molecular flexibility index (Phi) is 6.04. The minimum atomic E-state index is -1.81. The van der Waals surface area contributed by atoms with E-state index in [-0.39, 0.29) is 18.7 Å². The normalized spacial score (nSPS) is 15.9. The number of hydrogen-bond acceptors (Lipinski definition) is 6. The van der Waals surface area contributed by atoms with E-state index in [1.165, 1.54) is 14.0 Å². The van der Waals surface area contributed by atoms with Gasteiger partial charge in [-0.25, -0.2) is 9.37 Å². The van der Waals surface area contributed by atoms with E-state index in [9.17, 15) is 18.8 Å². The molecular formula is C19H15Cl2FN2O5. The molecule has 1 unspecified atom stereocenters. The molecule has 7 nitrogen and oxygen atoms in total. The molecule has 29 heavy (non-hydrogen) atoms. The summed E-state index contributed by atoms with van der Waals surface area (Å²) < 4.78 is 24.8. The Labute approximate surface area is 175 Å². The van der Waals surface area contributed by atoms with Gasteiger partial charge in [-0.05, 0) is 24.6 Å². The lowest BCUT2D eigenvalue weighted by atomic mass is 9.90. The first-order chi connectivity index (χ1) is 13.8. The van der Waals surface area contributed by atoms with E-state index >= 15 is 0 Å². The van der Waals surface area contributed by atoms with E-state index < -0.39 is 45.4 Å². The number of anilines is 1. The van der Waals surface area contributed by atoms with Gasteiger partial charge in [0.2, 0.25) is 5.91 Å². The van der Waals surface area contributed by atoms with E-state index in [4.69, 9.17) is 32.7 Å². The largest absolute Gasteiger partial charge is 0.497 e. The number of Topliss-reactive ketones (excluding diaryl/α,β-unsaturated/α-hetero) is 1. The van der Waals surface area contributed by atoms with E-state index in [1.807, 2.05) is 0 Å². The maximum absolute atomic E-state index is 14.8. The third kappa shape index (κ3) is 3.77.